The molecule has 154 valence electrons. The van der Waals surface area contributed by atoms with Gasteiger partial charge in [0.05, 0.1) is 23.1 Å². The van der Waals surface area contributed by atoms with Crippen LogP contribution in [-0.2, 0) is 11.2 Å². The van der Waals surface area contributed by atoms with Crippen molar-refractivity contribution in [2.45, 2.75) is 26.7 Å². The van der Waals surface area contributed by atoms with Crippen LogP contribution in [0, 0.1) is 5.41 Å². The van der Waals surface area contributed by atoms with Gasteiger partial charge >= 0.3 is 0 Å². The van der Waals surface area contributed by atoms with Crippen LogP contribution in [0.2, 0.25) is 0 Å². The Bertz CT molecular complexity index is 1080. The molecule has 0 spiro atoms. The van der Waals surface area contributed by atoms with Crippen molar-refractivity contribution < 1.29 is 9.53 Å². The van der Waals surface area contributed by atoms with Crippen molar-refractivity contribution in [2.75, 3.05) is 31.2 Å². The van der Waals surface area contributed by atoms with Crippen molar-refractivity contribution >= 4 is 22.1 Å². The summed E-state index contributed by atoms with van der Waals surface area (Å²) in [6.45, 7) is 7.61. The molecule has 3 aromatic rings. The highest BCUT2D eigenvalue weighted by Gasteiger charge is 2.37. The fourth-order valence-electron chi connectivity index (χ4n) is 4.58. The van der Waals surface area contributed by atoms with Gasteiger partial charge in [-0.05, 0) is 40.7 Å². The monoisotopic (exact) mass is 418 g/mol. The van der Waals surface area contributed by atoms with Crippen molar-refractivity contribution in [3.63, 3.8) is 0 Å². The molecule has 2 aliphatic rings. The smallest absolute Gasteiger partial charge is 0.173 e. The van der Waals surface area contributed by atoms with Gasteiger partial charge in [0.1, 0.15) is 0 Å². The lowest BCUT2D eigenvalue weighted by Gasteiger charge is -2.30. The molecule has 5 heteroatoms. The number of pyridine rings is 1. The maximum Gasteiger partial charge on any atom is 0.173 e. The Morgan fingerprint density at radius 3 is 2.57 bits per heavy atom. The summed E-state index contributed by atoms with van der Waals surface area (Å²) in [6, 6.07) is 12.7. The number of ether oxygens (including phenoxy) is 1. The predicted molar refractivity (Wildman–Crippen MR) is 122 cm³/mol. The summed E-state index contributed by atoms with van der Waals surface area (Å²) >= 11 is 1.68. The summed E-state index contributed by atoms with van der Waals surface area (Å²) in [5.41, 5.74) is 5.89. The lowest BCUT2D eigenvalue weighted by Crippen LogP contribution is -2.36. The first-order chi connectivity index (χ1) is 14.5. The van der Waals surface area contributed by atoms with Crippen molar-refractivity contribution in [1.82, 2.24) is 4.98 Å². The standard InChI is InChI=1S/C25H26N2O2S/c1-25(2)14-20-22(18-6-3-5-17(13-18)19-7-4-8-26-16-19)24(27-9-11-29-12-10-27)30-23(20)21(28)15-25/h3-8,13,16H,9-12,14-15H2,1-2H3. The summed E-state index contributed by atoms with van der Waals surface area (Å²) < 4.78 is 5.59. The SMILES string of the molecule is CC1(C)CC(=O)c2sc(N3CCOCC3)c(-c3cccc(-c4cccnc4)c3)c2C1. The molecule has 2 aromatic heterocycles. The zero-order chi connectivity index (χ0) is 20.7. The quantitative estimate of drug-likeness (QED) is 0.566. The molecule has 0 saturated carbocycles. The first-order valence-corrected chi connectivity index (χ1v) is 11.4. The lowest BCUT2D eigenvalue weighted by molar-refractivity contribution is 0.0918. The minimum atomic E-state index is -0.0108. The van der Waals surface area contributed by atoms with E-state index in [-0.39, 0.29) is 11.2 Å². The van der Waals surface area contributed by atoms with E-state index in [1.165, 1.54) is 21.7 Å². The van der Waals surface area contributed by atoms with Crippen LogP contribution in [0.4, 0.5) is 5.00 Å². The number of aromatic nitrogens is 1. The van der Waals surface area contributed by atoms with E-state index in [2.05, 4.69) is 54.1 Å². The Balaban J connectivity index is 1.68. The van der Waals surface area contributed by atoms with Crippen molar-refractivity contribution in [3.05, 3.63) is 59.2 Å². The van der Waals surface area contributed by atoms with Gasteiger partial charge in [-0.15, -0.1) is 11.3 Å². The molecule has 5 rings (SSSR count). The van der Waals surface area contributed by atoms with E-state index in [9.17, 15) is 4.79 Å². The van der Waals surface area contributed by atoms with Gasteiger partial charge in [-0.3, -0.25) is 9.78 Å². The number of nitrogens with zero attached hydrogens (tertiary/aromatic N) is 2. The van der Waals surface area contributed by atoms with Gasteiger partial charge in [-0.1, -0.05) is 38.1 Å². The number of benzene rings is 1. The lowest BCUT2D eigenvalue weighted by atomic mass is 9.75. The number of rotatable bonds is 3. The largest absolute Gasteiger partial charge is 0.378 e. The Labute approximate surface area is 181 Å². The molecule has 1 saturated heterocycles. The average Bonchev–Trinajstić information content (AvgIpc) is 3.14. The van der Waals surface area contributed by atoms with Gasteiger partial charge in [-0.2, -0.15) is 0 Å². The van der Waals surface area contributed by atoms with Gasteiger partial charge in [0.25, 0.3) is 0 Å². The molecule has 0 unspecified atom stereocenters. The fourth-order valence-corrected chi connectivity index (χ4v) is 5.91. The second-order valence-corrected chi connectivity index (χ2v) is 9.95. The van der Waals surface area contributed by atoms with Crippen LogP contribution in [0.5, 0.6) is 0 Å². The Kier molecular flexibility index (Phi) is 4.95. The van der Waals surface area contributed by atoms with Crippen LogP contribution in [0.15, 0.2) is 48.8 Å². The number of thiophene rings is 1. The second kappa shape index (κ2) is 7.64. The number of hydrogen-bond donors (Lipinski definition) is 0. The van der Waals surface area contributed by atoms with Crippen LogP contribution in [0.3, 0.4) is 0 Å². The molecule has 0 radical (unpaired) electrons. The van der Waals surface area contributed by atoms with Crippen LogP contribution in [0.1, 0.15) is 35.5 Å². The van der Waals surface area contributed by atoms with E-state index in [1.807, 2.05) is 12.3 Å². The normalized spacial score (nSPS) is 18.3. The van der Waals surface area contributed by atoms with E-state index in [0.717, 1.165) is 48.7 Å². The van der Waals surface area contributed by atoms with Gasteiger partial charge in [-0.25, -0.2) is 0 Å². The first-order valence-electron chi connectivity index (χ1n) is 10.5. The van der Waals surface area contributed by atoms with Crippen LogP contribution < -0.4 is 4.90 Å². The van der Waals surface area contributed by atoms with Crippen LogP contribution in [0.25, 0.3) is 22.3 Å². The van der Waals surface area contributed by atoms with Crippen molar-refractivity contribution in [2.24, 2.45) is 5.41 Å². The van der Waals surface area contributed by atoms with Crippen LogP contribution >= 0.6 is 11.3 Å². The summed E-state index contributed by atoms with van der Waals surface area (Å²) in [6.07, 6.45) is 5.25. The number of morpholine rings is 1. The van der Waals surface area contributed by atoms with Crippen LogP contribution in [-0.4, -0.2) is 37.1 Å². The predicted octanol–water partition coefficient (Wildman–Crippen LogP) is 5.47. The van der Waals surface area contributed by atoms with Gasteiger partial charge in [0, 0.05) is 43.0 Å². The number of fused-ring (bicyclic) bond motifs is 1. The topological polar surface area (TPSA) is 42.4 Å². The molecular formula is C25H26N2O2S. The van der Waals surface area contributed by atoms with E-state index in [1.54, 1.807) is 17.5 Å². The molecule has 0 atom stereocenters. The number of hydrogen-bond acceptors (Lipinski definition) is 5. The molecule has 1 aliphatic heterocycles. The van der Waals surface area contributed by atoms with E-state index in [4.69, 9.17) is 4.74 Å². The van der Waals surface area contributed by atoms with Crippen molar-refractivity contribution in [3.8, 4) is 22.3 Å². The number of Topliss-reactive ketones (excluding diaryl/α,β-unsaturated/α-hetero) is 1. The third kappa shape index (κ3) is 3.57. The number of carbonyl (C=O) groups excluding carboxylic acids is 1. The van der Waals surface area contributed by atoms with Crippen molar-refractivity contribution in [1.29, 1.82) is 0 Å². The molecule has 0 bridgehead atoms. The highest BCUT2D eigenvalue weighted by Crippen LogP contribution is 2.49. The zero-order valence-corrected chi connectivity index (χ0v) is 18.3. The van der Waals surface area contributed by atoms with E-state index >= 15 is 0 Å². The third-order valence-electron chi connectivity index (χ3n) is 5.98. The zero-order valence-electron chi connectivity index (χ0n) is 17.5. The molecular weight excluding hydrogens is 392 g/mol. The molecule has 1 fully saturated rings. The van der Waals surface area contributed by atoms with E-state index < -0.39 is 0 Å². The number of carbonyl (C=O) groups is 1. The fraction of sp³-hybridized carbons (Fsp3) is 0.360. The highest BCUT2D eigenvalue weighted by molar-refractivity contribution is 7.19. The number of anilines is 1. The third-order valence-corrected chi connectivity index (χ3v) is 7.31. The Hall–Kier alpha value is -2.50. The maximum atomic E-state index is 13.0. The van der Waals surface area contributed by atoms with Gasteiger partial charge in [0.15, 0.2) is 5.78 Å². The maximum absolute atomic E-state index is 13.0. The second-order valence-electron chi connectivity index (χ2n) is 8.95. The van der Waals surface area contributed by atoms with E-state index in [0.29, 0.717) is 6.42 Å². The minimum Gasteiger partial charge on any atom is -0.378 e. The Morgan fingerprint density at radius 2 is 1.80 bits per heavy atom. The molecule has 1 aromatic carbocycles. The molecule has 0 N–H and O–H groups in total. The average molecular weight is 419 g/mol. The summed E-state index contributed by atoms with van der Waals surface area (Å²) in [5.74, 6) is 0.287. The Morgan fingerprint density at radius 1 is 1.03 bits per heavy atom. The van der Waals surface area contributed by atoms with Gasteiger partial charge in [0.2, 0.25) is 0 Å². The summed E-state index contributed by atoms with van der Waals surface area (Å²) in [5, 5.41) is 1.22. The van der Waals surface area contributed by atoms with Gasteiger partial charge < -0.3 is 9.64 Å². The molecule has 1 aliphatic carbocycles. The highest BCUT2D eigenvalue weighted by atomic mass is 32.1. The summed E-state index contributed by atoms with van der Waals surface area (Å²) in [7, 11) is 0. The molecule has 3 heterocycles. The molecule has 0 amide bonds. The first kappa shape index (κ1) is 19.5. The molecule has 4 nitrogen and oxygen atoms in total. The minimum absolute atomic E-state index is 0.0108. The summed E-state index contributed by atoms with van der Waals surface area (Å²) in [4.78, 5) is 20.7. The molecule has 30 heavy (non-hydrogen) atoms. The number of ketones is 1.